The minimum absolute atomic E-state index is 0.104. The van der Waals surface area contributed by atoms with Crippen molar-refractivity contribution in [2.75, 3.05) is 13.2 Å². The minimum atomic E-state index is -2.54. The Hall–Kier alpha value is -0.710. The van der Waals surface area contributed by atoms with Crippen molar-refractivity contribution in [3.05, 3.63) is 0 Å². The second-order valence-corrected chi connectivity index (χ2v) is 3.15. The Morgan fingerprint density at radius 2 is 2.07 bits per heavy atom. The number of alkyl halides is 2. The Morgan fingerprint density at radius 3 is 2.36 bits per heavy atom. The first kappa shape index (κ1) is 13.3. The van der Waals surface area contributed by atoms with Crippen LogP contribution >= 0.6 is 0 Å². The molecule has 0 aliphatic heterocycles. The predicted molar refractivity (Wildman–Crippen MR) is 49.0 cm³/mol. The van der Waals surface area contributed by atoms with Gasteiger partial charge in [0.05, 0.1) is 12.0 Å². The van der Waals surface area contributed by atoms with Crippen LogP contribution in [-0.4, -0.2) is 25.5 Å². The molecule has 0 saturated carbocycles. The van der Waals surface area contributed by atoms with Crippen molar-refractivity contribution in [3.8, 4) is 0 Å². The molecular weight excluding hydrogens is 192 g/mol. The van der Waals surface area contributed by atoms with Crippen LogP contribution in [0.25, 0.3) is 0 Å². The molecule has 5 heteroatoms. The molecule has 84 valence electrons. The number of halogens is 2. The van der Waals surface area contributed by atoms with E-state index in [9.17, 15) is 13.6 Å². The van der Waals surface area contributed by atoms with Crippen LogP contribution in [0.1, 0.15) is 26.7 Å². The van der Waals surface area contributed by atoms with Gasteiger partial charge >= 0.3 is 5.97 Å². The van der Waals surface area contributed by atoms with Crippen LogP contribution in [0.3, 0.4) is 0 Å². The summed E-state index contributed by atoms with van der Waals surface area (Å²) in [7, 11) is 0. The number of carbonyl (C=O) groups is 1. The third-order valence-corrected chi connectivity index (χ3v) is 2.32. The van der Waals surface area contributed by atoms with Gasteiger partial charge in [0.2, 0.25) is 6.43 Å². The van der Waals surface area contributed by atoms with Gasteiger partial charge in [0.25, 0.3) is 0 Å². The summed E-state index contributed by atoms with van der Waals surface area (Å²) in [6.07, 6.45) is -2.80. The lowest BCUT2D eigenvalue weighted by Gasteiger charge is -2.28. The van der Waals surface area contributed by atoms with Gasteiger partial charge in [-0.15, -0.1) is 0 Å². The number of rotatable bonds is 6. The molecule has 3 nitrogen and oxygen atoms in total. The third kappa shape index (κ3) is 3.21. The van der Waals surface area contributed by atoms with Crippen LogP contribution < -0.4 is 5.73 Å². The molecule has 0 aromatic carbocycles. The molecular formula is C9H17F2NO2. The Morgan fingerprint density at radius 1 is 1.50 bits per heavy atom. The molecule has 0 aliphatic carbocycles. The van der Waals surface area contributed by atoms with E-state index in [2.05, 4.69) is 0 Å². The average Bonchev–Trinajstić information content (AvgIpc) is 2.14. The lowest BCUT2D eigenvalue weighted by Crippen LogP contribution is -2.41. The van der Waals surface area contributed by atoms with Crippen molar-refractivity contribution < 1.29 is 18.3 Å². The summed E-state index contributed by atoms with van der Waals surface area (Å²) in [4.78, 5) is 11.4. The second-order valence-electron chi connectivity index (χ2n) is 3.15. The number of nitrogens with two attached hydrogens (primary N) is 1. The first-order valence-electron chi connectivity index (χ1n) is 4.67. The number of hydrogen-bond acceptors (Lipinski definition) is 3. The number of ether oxygens (including phenoxy) is 1. The summed E-state index contributed by atoms with van der Waals surface area (Å²) in [6.45, 7) is 3.37. The Bertz CT molecular complexity index is 182. The molecule has 0 aliphatic rings. The van der Waals surface area contributed by atoms with E-state index >= 15 is 0 Å². The van der Waals surface area contributed by atoms with Gasteiger partial charge in [-0.1, -0.05) is 6.92 Å². The van der Waals surface area contributed by atoms with E-state index in [0.717, 1.165) is 0 Å². The van der Waals surface area contributed by atoms with Crippen LogP contribution in [0.15, 0.2) is 0 Å². The van der Waals surface area contributed by atoms with Gasteiger partial charge in [0.15, 0.2) is 0 Å². The molecule has 0 heterocycles. The molecule has 2 N–H and O–H groups in total. The largest absolute Gasteiger partial charge is 0.466 e. The predicted octanol–water partition coefficient (Wildman–Crippen LogP) is 1.56. The van der Waals surface area contributed by atoms with Crippen molar-refractivity contribution >= 4 is 5.97 Å². The molecule has 0 rings (SSSR count). The molecule has 1 atom stereocenters. The zero-order valence-electron chi connectivity index (χ0n) is 8.56. The van der Waals surface area contributed by atoms with E-state index in [0.29, 0.717) is 0 Å². The van der Waals surface area contributed by atoms with Crippen LogP contribution in [-0.2, 0) is 9.53 Å². The fourth-order valence-corrected chi connectivity index (χ4v) is 1.26. The lowest BCUT2D eigenvalue weighted by atomic mass is 9.82. The smallest absolute Gasteiger partial charge is 0.313 e. The summed E-state index contributed by atoms with van der Waals surface area (Å²) >= 11 is 0. The fraction of sp³-hybridized carbons (Fsp3) is 0.889. The maximum Gasteiger partial charge on any atom is 0.313 e. The first-order chi connectivity index (χ1) is 6.52. The highest BCUT2D eigenvalue weighted by molar-refractivity contribution is 5.77. The van der Waals surface area contributed by atoms with Gasteiger partial charge < -0.3 is 10.5 Å². The van der Waals surface area contributed by atoms with Gasteiger partial charge in [0.1, 0.15) is 0 Å². The molecule has 0 bridgehead atoms. The summed E-state index contributed by atoms with van der Waals surface area (Å²) in [5, 5.41) is 0. The van der Waals surface area contributed by atoms with E-state index in [1.807, 2.05) is 0 Å². The summed E-state index contributed by atoms with van der Waals surface area (Å²) in [5.41, 5.74) is 4.15. The third-order valence-electron chi connectivity index (χ3n) is 2.32. The van der Waals surface area contributed by atoms with Crippen LogP contribution in [0, 0.1) is 5.41 Å². The molecule has 14 heavy (non-hydrogen) atoms. The standard InChI is InChI=1S/C9H17F2NO2/c1-3-9(6-12,5-7(10)11)8(13)14-4-2/h7H,3-6,12H2,1-2H3. The molecule has 0 spiro atoms. The van der Waals surface area contributed by atoms with Crippen LogP contribution in [0.4, 0.5) is 8.78 Å². The van der Waals surface area contributed by atoms with E-state index in [-0.39, 0.29) is 19.6 Å². The zero-order chi connectivity index (χ0) is 11.2. The molecule has 0 amide bonds. The van der Waals surface area contributed by atoms with Gasteiger partial charge in [-0.25, -0.2) is 8.78 Å². The maximum absolute atomic E-state index is 12.2. The highest BCUT2D eigenvalue weighted by Gasteiger charge is 2.39. The van der Waals surface area contributed by atoms with E-state index in [1.54, 1.807) is 13.8 Å². The minimum Gasteiger partial charge on any atom is -0.466 e. The van der Waals surface area contributed by atoms with E-state index < -0.39 is 24.2 Å². The fourth-order valence-electron chi connectivity index (χ4n) is 1.26. The molecule has 0 radical (unpaired) electrons. The molecule has 0 aromatic heterocycles. The summed E-state index contributed by atoms with van der Waals surface area (Å²) < 4.78 is 29.2. The highest BCUT2D eigenvalue weighted by atomic mass is 19.3. The quantitative estimate of drug-likeness (QED) is 0.675. The van der Waals surface area contributed by atoms with Crippen molar-refractivity contribution in [1.29, 1.82) is 0 Å². The van der Waals surface area contributed by atoms with Crippen molar-refractivity contribution in [2.24, 2.45) is 11.1 Å². The van der Waals surface area contributed by atoms with Gasteiger partial charge in [-0.2, -0.15) is 0 Å². The lowest BCUT2D eigenvalue weighted by molar-refractivity contribution is -0.157. The molecule has 0 saturated heterocycles. The molecule has 0 aromatic rings. The van der Waals surface area contributed by atoms with E-state index in [4.69, 9.17) is 10.5 Å². The Balaban J connectivity index is 4.59. The molecule has 0 fully saturated rings. The second kappa shape index (κ2) is 5.90. The maximum atomic E-state index is 12.2. The number of carbonyl (C=O) groups excluding carboxylic acids is 1. The zero-order valence-corrected chi connectivity index (χ0v) is 8.56. The van der Waals surface area contributed by atoms with Gasteiger partial charge in [-0.05, 0) is 13.3 Å². The molecule has 1 unspecified atom stereocenters. The Labute approximate surface area is 82.6 Å². The van der Waals surface area contributed by atoms with Crippen molar-refractivity contribution in [1.82, 2.24) is 0 Å². The Kier molecular flexibility index (Phi) is 5.60. The highest BCUT2D eigenvalue weighted by Crippen LogP contribution is 2.30. The summed E-state index contributed by atoms with van der Waals surface area (Å²) in [6, 6.07) is 0. The van der Waals surface area contributed by atoms with Crippen LogP contribution in [0.5, 0.6) is 0 Å². The van der Waals surface area contributed by atoms with Gasteiger partial charge in [0, 0.05) is 13.0 Å². The SMILES string of the molecule is CCOC(=O)C(CC)(CN)CC(F)F. The van der Waals surface area contributed by atoms with E-state index in [1.165, 1.54) is 0 Å². The van der Waals surface area contributed by atoms with Crippen LogP contribution in [0.2, 0.25) is 0 Å². The number of hydrogen-bond donors (Lipinski definition) is 1. The van der Waals surface area contributed by atoms with Crippen molar-refractivity contribution in [3.63, 3.8) is 0 Å². The van der Waals surface area contributed by atoms with Gasteiger partial charge in [-0.3, -0.25) is 4.79 Å². The van der Waals surface area contributed by atoms with Crippen molar-refractivity contribution in [2.45, 2.75) is 33.1 Å². The number of esters is 1. The summed E-state index contributed by atoms with van der Waals surface area (Å²) in [5.74, 6) is -0.620. The average molecular weight is 209 g/mol. The normalized spacial score (nSPS) is 15.3. The monoisotopic (exact) mass is 209 g/mol. The first-order valence-corrected chi connectivity index (χ1v) is 4.67. The topological polar surface area (TPSA) is 52.3 Å².